The second kappa shape index (κ2) is 6.57. The molecule has 0 fully saturated rings. The Morgan fingerprint density at radius 3 is 2.60 bits per heavy atom. The maximum absolute atomic E-state index is 11.7. The Labute approximate surface area is 123 Å². The first-order chi connectivity index (χ1) is 9.56. The highest BCUT2D eigenvalue weighted by atomic mass is 32.1. The number of nitrogens with one attached hydrogen (secondary N) is 1. The van der Waals surface area contributed by atoms with Crippen molar-refractivity contribution in [1.29, 1.82) is 0 Å². The van der Waals surface area contributed by atoms with Crippen LogP contribution >= 0.6 is 11.3 Å². The normalized spacial score (nSPS) is 10.3. The SMILES string of the molecule is Cc1ccc(OCC(=O)NCc2sccc2C)cc1C. The zero-order valence-corrected chi connectivity index (χ0v) is 12.8. The number of thiophene rings is 1. The summed E-state index contributed by atoms with van der Waals surface area (Å²) < 4.78 is 5.50. The molecular formula is C16H19NO2S. The fourth-order valence-electron chi connectivity index (χ4n) is 1.77. The zero-order chi connectivity index (χ0) is 14.5. The van der Waals surface area contributed by atoms with Gasteiger partial charge in [-0.15, -0.1) is 11.3 Å². The van der Waals surface area contributed by atoms with Gasteiger partial charge in [-0.25, -0.2) is 0 Å². The van der Waals surface area contributed by atoms with Crippen molar-refractivity contribution in [3.8, 4) is 5.75 Å². The average molecular weight is 289 g/mol. The van der Waals surface area contributed by atoms with Crippen molar-refractivity contribution in [3.63, 3.8) is 0 Å². The standard InChI is InChI=1S/C16H19NO2S/c1-11-4-5-14(8-13(11)3)19-10-16(18)17-9-15-12(2)6-7-20-15/h4-8H,9-10H2,1-3H3,(H,17,18). The predicted molar refractivity (Wildman–Crippen MR) is 82.3 cm³/mol. The lowest BCUT2D eigenvalue weighted by Gasteiger charge is -2.09. The van der Waals surface area contributed by atoms with Gasteiger partial charge in [0.15, 0.2) is 6.61 Å². The molecule has 4 heteroatoms. The van der Waals surface area contributed by atoms with Gasteiger partial charge < -0.3 is 10.1 Å². The van der Waals surface area contributed by atoms with E-state index in [1.165, 1.54) is 16.0 Å². The summed E-state index contributed by atoms with van der Waals surface area (Å²) in [6, 6.07) is 7.89. The van der Waals surface area contributed by atoms with Crippen LogP contribution in [0.15, 0.2) is 29.6 Å². The van der Waals surface area contributed by atoms with Crippen LogP contribution in [0.25, 0.3) is 0 Å². The van der Waals surface area contributed by atoms with Crippen molar-refractivity contribution in [3.05, 3.63) is 51.2 Å². The van der Waals surface area contributed by atoms with Gasteiger partial charge in [0.2, 0.25) is 0 Å². The van der Waals surface area contributed by atoms with Crippen molar-refractivity contribution >= 4 is 17.2 Å². The molecule has 1 heterocycles. The highest BCUT2D eigenvalue weighted by Crippen LogP contribution is 2.16. The molecule has 1 N–H and O–H groups in total. The van der Waals surface area contributed by atoms with Gasteiger partial charge in [0, 0.05) is 4.88 Å². The minimum Gasteiger partial charge on any atom is -0.484 e. The van der Waals surface area contributed by atoms with Gasteiger partial charge in [-0.2, -0.15) is 0 Å². The molecule has 2 rings (SSSR count). The molecule has 0 saturated carbocycles. The number of carbonyl (C=O) groups is 1. The minimum absolute atomic E-state index is 0.0485. The molecule has 0 aliphatic rings. The first-order valence-corrected chi connectivity index (χ1v) is 7.44. The molecule has 0 atom stereocenters. The molecular weight excluding hydrogens is 270 g/mol. The molecule has 20 heavy (non-hydrogen) atoms. The average Bonchev–Trinajstić information content (AvgIpc) is 2.83. The topological polar surface area (TPSA) is 38.3 Å². The first-order valence-electron chi connectivity index (χ1n) is 6.56. The lowest BCUT2D eigenvalue weighted by Crippen LogP contribution is -2.28. The monoisotopic (exact) mass is 289 g/mol. The van der Waals surface area contributed by atoms with Gasteiger partial charge in [-0.1, -0.05) is 6.07 Å². The molecule has 2 aromatic rings. The van der Waals surface area contributed by atoms with Crippen molar-refractivity contribution in [2.45, 2.75) is 27.3 Å². The summed E-state index contributed by atoms with van der Waals surface area (Å²) in [4.78, 5) is 12.9. The van der Waals surface area contributed by atoms with E-state index < -0.39 is 0 Å². The molecule has 0 bridgehead atoms. The summed E-state index contributed by atoms with van der Waals surface area (Å²) in [5.41, 5.74) is 3.59. The minimum atomic E-state index is -0.101. The molecule has 0 aliphatic heterocycles. The number of amides is 1. The van der Waals surface area contributed by atoms with Crippen LogP contribution in [-0.4, -0.2) is 12.5 Å². The van der Waals surface area contributed by atoms with Crippen LogP contribution in [0.1, 0.15) is 21.6 Å². The van der Waals surface area contributed by atoms with Gasteiger partial charge >= 0.3 is 0 Å². The second-order valence-electron chi connectivity index (χ2n) is 4.84. The molecule has 1 aromatic heterocycles. The molecule has 106 valence electrons. The van der Waals surface area contributed by atoms with Crippen molar-refractivity contribution in [1.82, 2.24) is 5.32 Å². The Morgan fingerprint density at radius 2 is 1.95 bits per heavy atom. The molecule has 1 amide bonds. The smallest absolute Gasteiger partial charge is 0.258 e. The Bertz CT molecular complexity index is 604. The van der Waals surface area contributed by atoms with E-state index in [-0.39, 0.29) is 12.5 Å². The Morgan fingerprint density at radius 1 is 1.15 bits per heavy atom. The van der Waals surface area contributed by atoms with Crippen LogP contribution in [0.5, 0.6) is 5.75 Å². The fourth-order valence-corrected chi connectivity index (χ4v) is 2.61. The summed E-state index contributed by atoms with van der Waals surface area (Å²) in [7, 11) is 0. The van der Waals surface area contributed by atoms with Crippen molar-refractivity contribution in [2.75, 3.05) is 6.61 Å². The van der Waals surface area contributed by atoms with E-state index in [1.54, 1.807) is 11.3 Å². The van der Waals surface area contributed by atoms with E-state index in [1.807, 2.05) is 37.4 Å². The summed E-state index contributed by atoms with van der Waals surface area (Å²) in [5.74, 6) is 0.631. The molecule has 0 radical (unpaired) electrons. The number of aryl methyl sites for hydroxylation is 3. The maximum Gasteiger partial charge on any atom is 0.258 e. The van der Waals surface area contributed by atoms with Gasteiger partial charge in [-0.05, 0) is 61.0 Å². The van der Waals surface area contributed by atoms with E-state index in [2.05, 4.69) is 18.3 Å². The second-order valence-corrected chi connectivity index (χ2v) is 5.84. The van der Waals surface area contributed by atoms with E-state index in [9.17, 15) is 4.79 Å². The number of hydrogen-bond donors (Lipinski definition) is 1. The first kappa shape index (κ1) is 14.6. The summed E-state index contributed by atoms with van der Waals surface area (Å²) in [6.45, 7) is 6.74. The van der Waals surface area contributed by atoms with E-state index >= 15 is 0 Å². The molecule has 0 aliphatic carbocycles. The summed E-state index contributed by atoms with van der Waals surface area (Å²) in [6.07, 6.45) is 0. The Hall–Kier alpha value is -1.81. The molecule has 0 saturated heterocycles. The van der Waals surface area contributed by atoms with Crippen molar-refractivity contribution < 1.29 is 9.53 Å². The Kier molecular flexibility index (Phi) is 4.79. The fraction of sp³-hybridized carbons (Fsp3) is 0.312. The summed E-state index contributed by atoms with van der Waals surface area (Å²) in [5, 5.41) is 4.90. The summed E-state index contributed by atoms with van der Waals surface area (Å²) >= 11 is 1.65. The maximum atomic E-state index is 11.7. The van der Waals surface area contributed by atoms with E-state index in [0.717, 1.165) is 11.3 Å². The third-order valence-corrected chi connectivity index (χ3v) is 4.29. The number of ether oxygens (including phenoxy) is 1. The number of rotatable bonds is 5. The number of benzene rings is 1. The zero-order valence-electron chi connectivity index (χ0n) is 12.0. The Balaban J connectivity index is 1.80. The molecule has 0 spiro atoms. The third-order valence-electron chi connectivity index (χ3n) is 3.26. The van der Waals surface area contributed by atoms with Gasteiger partial charge in [0.25, 0.3) is 5.91 Å². The number of hydrogen-bond acceptors (Lipinski definition) is 3. The largest absolute Gasteiger partial charge is 0.484 e. The highest BCUT2D eigenvalue weighted by molar-refractivity contribution is 7.10. The van der Waals surface area contributed by atoms with Gasteiger partial charge in [-0.3, -0.25) is 4.79 Å². The van der Waals surface area contributed by atoms with Crippen LogP contribution in [0.4, 0.5) is 0 Å². The molecule has 1 aromatic carbocycles. The van der Waals surface area contributed by atoms with Crippen molar-refractivity contribution in [2.24, 2.45) is 0 Å². The third kappa shape index (κ3) is 3.84. The highest BCUT2D eigenvalue weighted by Gasteiger charge is 2.05. The van der Waals surface area contributed by atoms with Crippen LogP contribution in [-0.2, 0) is 11.3 Å². The number of carbonyl (C=O) groups excluding carboxylic acids is 1. The van der Waals surface area contributed by atoms with Gasteiger partial charge in [0.1, 0.15) is 5.75 Å². The van der Waals surface area contributed by atoms with E-state index in [0.29, 0.717) is 6.54 Å². The van der Waals surface area contributed by atoms with Crippen LogP contribution < -0.4 is 10.1 Å². The lowest BCUT2D eigenvalue weighted by molar-refractivity contribution is -0.123. The van der Waals surface area contributed by atoms with Crippen LogP contribution in [0, 0.1) is 20.8 Å². The van der Waals surface area contributed by atoms with Crippen LogP contribution in [0.2, 0.25) is 0 Å². The molecule has 3 nitrogen and oxygen atoms in total. The predicted octanol–water partition coefficient (Wildman–Crippen LogP) is 3.37. The van der Waals surface area contributed by atoms with Gasteiger partial charge in [0.05, 0.1) is 6.54 Å². The van der Waals surface area contributed by atoms with Crippen LogP contribution in [0.3, 0.4) is 0 Å². The quantitative estimate of drug-likeness (QED) is 0.916. The molecule has 0 unspecified atom stereocenters. The lowest BCUT2D eigenvalue weighted by atomic mass is 10.1. The van der Waals surface area contributed by atoms with E-state index in [4.69, 9.17) is 4.74 Å².